The van der Waals surface area contributed by atoms with Crippen molar-refractivity contribution in [1.82, 2.24) is 14.9 Å². The van der Waals surface area contributed by atoms with Crippen LogP contribution in [0.2, 0.25) is 0 Å². The molecule has 1 atom stereocenters. The highest BCUT2D eigenvalue weighted by Gasteiger charge is 2.30. The van der Waals surface area contributed by atoms with Gasteiger partial charge in [-0.3, -0.25) is 9.59 Å². The molecule has 1 aliphatic carbocycles. The molecule has 1 saturated heterocycles. The largest absolute Gasteiger partial charge is 0.469 e. The minimum absolute atomic E-state index is 0.0397. The molecule has 11 heteroatoms. The van der Waals surface area contributed by atoms with Gasteiger partial charge in [0.05, 0.1) is 36.3 Å². The maximum absolute atomic E-state index is 14.2. The number of amides is 1. The number of nitrogens with zero attached hydrogens (tertiary/aromatic N) is 3. The monoisotopic (exact) mass is 530 g/mol. The first-order chi connectivity index (χ1) is 18.3. The van der Waals surface area contributed by atoms with Gasteiger partial charge in [0.15, 0.2) is 0 Å². The fourth-order valence-electron chi connectivity index (χ4n) is 5.60. The summed E-state index contributed by atoms with van der Waals surface area (Å²) in [4.78, 5) is 27.0. The van der Waals surface area contributed by atoms with Gasteiger partial charge < -0.3 is 19.7 Å². The number of methoxy groups -OCH3 is 1. The molecular formula is C27H29F3N4O4. The van der Waals surface area contributed by atoms with Crippen LogP contribution in [0.5, 0.6) is 5.75 Å². The summed E-state index contributed by atoms with van der Waals surface area (Å²) in [5.41, 5.74) is 2.41. The van der Waals surface area contributed by atoms with Crippen molar-refractivity contribution in [3.8, 4) is 5.75 Å². The number of hydrogen-bond acceptors (Lipinski definition) is 6. The van der Waals surface area contributed by atoms with E-state index in [1.807, 2.05) is 12.1 Å². The summed E-state index contributed by atoms with van der Waals surface area (Å²) in [6.07, 6.45) is 7.54. The van der Waals surface area contributed by atoms with Crippen molar-refractivity contribution in [2.75, 3.05) is 18.6 Å². The third-order valence-electron chi connectivity index (χ3n) is 7.43. The second-order valence-electron chi connectivity index (χ2n) is 9.77. The Kier molecular flexibility index (Phi) is 7.44. The fourth-order valence-corrected chi connectivity index (χ4v) is 5.60. The van der Waals surface area contributed by atoms with E-state index in [0.29, 0.717) is 55.3 Å². The molecule has 0 spiro atoms. The molecule has 38 heavy (non-hydrogen) atoms. The summed E-state index contributed by atoms with van der Waals surface area (Å²) < 4.78 is 50.6. The Labute approximate surface area is 217 Å². The van der Waals surface area contributed by atoms with Crippen LogP contribution in [0.25, 0.3) is 5.52 Å². The first-order valence-corrected chi connectivity index (χ1v) is 12.7. The van der Waals surface area contributed by atoms with Crippen LogP contribution in [0.3, 0.4) is 0 Å². The summed E-state index contributed by atoms with van der Waals surface area (Å²) in [5, 5.41) is 7.38. The number of hydrogen-bond donors (Lipinski definition) is 1. The Hall–Kier alpha value is -3.76. The van der Waals surface area contributed by atoms with E-state index in [1.165, 1.54) is 25.4 Å². The number of anilines is 1. The molecule has 2 aromatic heterocycles. The Balaban J connectivity index is 1.34. The number of fused-ring (bicyclic) bond motifs is 1. The molecule has 3 heterocycles. The number of rotatable bonds is 7. The molecule has 1 aromatic carbocycles. The van der Waals surface area contributed by atoms with Crippen LogP contribution in [0.4, 0.5) is 18.9 Å². The number of aromatic nitrogens is 2. The molecule has 202 valence electrons. The summed E-state index contributed by atoms with van der Waals surface area (Å²) in [6, 6.07) is 7.19. The third-order valence-corrected chi connectivity index (χ3v) is 7.43. The smallest absolute Gasteiger partial charge is 0.387 e. The first kappa shape index (κ1) is 25.9. The summed E-state index contributed by atoms with van der Waals surface area (Å²) >= 11 is 0. The molecule has 1 amide bonds. The lowest BCUT2D eigenvalue weighted by Gasteiger charge is -2.28. The lowest BCUT2D eigenvalue weighted by atomic mass is 9.86. The average molecular weight is 531 g/mol. The molecule has 5 rings (SSSR count). The van der Waals surface area contributed by atoms with Crippen LogP contribution >= 0.6 is 0 Å². The molecular weight excluding hydrogens is 501 g/mol. The molecule has 0 radical (unpaired) electrons. The minimum atomic E-state index is -3.04. The van der Waals surface area contributed by atoms with Crippen molar-refractivity contribution in [3.05, 3.63) is 59.7 Å². The SMILES string of the molecule is COC(=O)[C@H]1CC[C@H](NC(=O)c2cnn3ccc(N4CCC[C@@H]4c4cc(F)cc(OC(F)F)c4)cc23)CC1. The van der Waals surface area contributed by atoms with E-state index in [9.17, 15) is 22.8 Å². The molecule has 1 aliphatic heterocycles. The number of carbonyl (C=O) groups is 2. The van der Waals surface area contributed by atoms with E-state index < -0.39 is 12.4 Å². The second kappa shape index (κ2) is 10.9. The highest BCUT2D eigenvalue weighted by Crippen LogP contribution is 2.38. The molecule has 0 unspecified atom stereocenters. The molecule has 2 aliphatic rings. The highest BCUT2D eigenvalue weighted by atomic mass is 19.3. The van der Waals surface area contributed by atoms with Crippen molar-refractivity contribution < 1.29 is 32.2 Å². The van der Waals surface area contributed by atoms with Crippen LogP contribution in [0.1, 0.15) is 60.5 Å². The zero-order valence-corrected chi connectivity index (χ0v) is 20.9. The van der Waals surface area contributed by atoms with Crippen LogP contribution < -0.4 is 15.0 Å². The van der Waals surface area contributed by atoms with E-state index in [1.54, 1.807) is 10.7 Å². The Morgan fingerprint density at radius 3 is 2.63 bits per heavy atom. The van der Waals surface area contributed by atoms with Crippen molar-refractivity contribution in [2.45, 2.75) is 57.2 Å². The molecule has 0 bridgehead atoms. The molecule has 2 fully saturated rings. The van der Waals surface area contributed by atoms with E-state index in [-0.39, 0.29) is 35.6 Å². The molecule has 1 saturated carbocycles. The van der Waals surface area contributed by atoms with Gasteiger partial charge in [-0.2, -0.15) is 13.9 Å². The average Bonchev–Trinajstić information content (AvgIpc) is 3.55. The van der Waals surface area contributed by atoms with E-state index >= 15 is 0 Å². The summed E-state index contributed by atoms with van der Waals surface area (Å²) in [7, 11) is 1.39. The standard InChI is InChI=1S/C27H29F3N4O4/c1-37-26(36)16-4-6-19(7-5-16)32-25(35)22-15-31-34-10-8-20(14-24(22)34)33-9-2-3-23(33)17-11-18(28)13-21(12-17)38-27(29)30/h8,10-16,19,23,27H,2-7,9H2,1H3,(H,32,35)/t16-,19-,23-/m1/s1. The molecule has 8 nitrogen and oxygen atoms in total. The zero-order chi connectivity index (χ0) is 26.8. The van der Waals surface area contributed by atoms with Gasteiger partial charge in [0.2, 0.25) is 0 Å². The number of carbonyl (C=O) groups excluding carboxylic acids is 2. The van der Waals surface area contributed by atoms with Crippen LogP contribution in [0, 0.1) is 11.7 Å². The maximum atomic E-state index is 14.2. The van der Waals surface area contributed by atoms with Gasteiger partial charge in [0.1, 0.15) is 11.6 Å². The predicted octanol–water partition coefficient (Wildman–Crippen LogP) is 4.88. The van der Waals surface area contributed by atoms with Crippen molar-refractivity contribution in [1.29, 1.82) is 0 Å². The summed E-state index contributed by atoms with van der Waals surface area (Å²) in [5.74, 6) is -1.43. The number of halogens is 3. The van der Waals surface area contributed by atoms with Crippen molar-refractivity contribution >= 4 is 23.1 Å². The number of alkyl halides is 2. The van der Waals surface area contributed by atoms with Gasteiger partial charge in [-0.25, -0.2) is 8.91 Å². The van der Waals surface area contributed by atoms with E-state index in [0.717, 1.165) is 18.2 Å². The zero-order valence-electron chi connectivity index (χ0n) is 20.9. The van der Waals surface area contributed by atoms with Crippen LogP contribution in [0.15, 0.2) is 42.7 Å². The van der Waals surface area contributed by atoms with Gasteiger partial charge in [-0.1, -0.05) is 0 Å². The van der Waals surface area contributed by atoms with Gasteiger partial charge >= 0.3 is 12.6 Å². The Morgan fingerprint density at radius 1 is 1.11 bits per heavy atom. The lowest BCUT2D eigenvalue weighted by molar-refractivity contribution is -0.146. The lowest BCUT2D eigenvalue weighted by Crippen LogP contribution is -2.38. The number of benzene rings is 1. The first-order valence-electron chi connectivity index (χ1n) is 12.7. The minimum Gasteiger partial charge on any atom is -0.469 e. The topological polar surface area (TPSA) is 85.2 Å². The van der Waals surface area contributed by atoms with Gasteiger partial charge in [0, 0.05) is 30.5 Å². The normalized spacial score (nSPS) is 21.6. The quantitative estimate of drug-likeness (QED) is 0.439. The van der Waals surface area contributed by atoms with Gasteiger partial charge in [0.25, 0.3) is 5.91 Å². The Bertz CT molecular complexity index is 1320. The van der Waals surface area contributed by atoms with Crippen molar-refractivity contribution in [2.24, 2.45) is 5.92 Å². The predicted molar refractivity (Wildman–Crippen MR) is 133 cm³/mol. The molecule has 1 N–H and O–H groups in total. The van der Waals surface area contributed by atoms with Crippen LogP contribution in [-0.4, -0.2) is 47.8 Å². The van der Waals surface area contributed by atoms with Crippen molar-refractivity contribution in [3.63, 3.8) is 0 Å². The third kappa shape index (κ3) is 5.41. The van der Waals surface area contributed by atoms with Gasteiger partial charge in [-0.15, -0.1) is 0 Å². The fraction of sp³-hybridized carbons (Fsp3) is 0.444. The maximum Gasteiger partial charge on any atom is 0.387 e. The molecule has 3 aromatic rings. The number of esters is 1. The summed E-state index contributed by atoms with van der Waals surface area (Å²) in [6.45, 7) is -2.36. The number of ether oxygens (including phenoxy) is 2. The second-order valence-corrected chi connectivity index (χ2v) is 9.77. The number of nitrogens with one attached hydrogen (secondary N) is 1. The van der Waals surface area contributed by atoms with E-state index in [4.69, 9.17) is 4.74 Å². The highest BCUT2D eigenvalue weighted by molar-refractivity contribution is 6.01. The Morgan fingerprint density at radius 2 is 1.89 bits per heavy atom. The van der Waals surface area contributed by atoms with Crippen LogP contribution in [-0.2, 0) is 9.53 Å². The van der Waals surface area contributed by atoms with Gasteiger partial charge in [-0.05, 0) is 68.4 Å². The number of pyridine rings is 1. The van der Waals surface area contributed by atoms with E-state index in [2.05, 4.69) is 20.1 Å².